The lowest BCUT2D eigenvalue weighted by Gasteiger charge is -2.08. The van der Waals surface area contributed by atoms with Crippen molar-refractivity contribution in [2.24, 2.45) is 0 Å². The van der Waals surface area contributed by atoms with Crippen LogP contribution >= 0.6 is 0 Å². The Balaban J connectivity index is 1.90. The van der Waals surface area contributed by atoms with E-state index in [9.17, 15) is 0 Å². The first kappa shape index (κ1) is 13.1. The second-order valence-corrected chi connectivity index (χ2v) is 4.84. The molecule has 0 amide bonds. The molecule has 0 fully saturated rings. The summed E-state index contributed by atoms with van der Waals surface area (Å²) in [5, 5.41) is 3.20. The number of hydrogen-bond acceptors (Lipinski definition) is 4. The van der Waals surface area contributed by atoms with Crippen LogP contribution < -0.4 is 11.1 Å². The highest BCUT2D eigenvalue weighted by Crippen LogP contribution is 2.24. The first-order chi connectivity index (χ1) is 10.2. The Labute approximate surface area is 123 Å². The van der Waals surface area contributed by atoms with Gasteiger partial charge in [-0.3, -0.25) is 0 Å². The van der Waals surface area contributed by atoms with Gasteiger partial charge >= 0.3 is 0 Å². The fourth-order valence-electron chi connectivity index (χ4n) is 2.07. The molecule has 104 valence electrons. The number of rotatable bonds is 3. The van der Waals surface area contributed by atoms with Crippen molar-refractivity contribution in [1.29, 1.82) is 0 Å². The number of anilines is 3. The predicted octanol–water partition coefficient (Wildman–Crippen LogP) is 3.78. The summed E-state index contributed by atoms with van der Waals surface area (Å²) in [6, 6.07) is 17.6. The highest BCUT2D eigenvalue weighted by molar-refractivity contribution is 5.74. The lowest BCUT2D eigenvalue weighted by Crippen LogP contribution is -1.99. The summed E-state index contributed by atoms with van der Waals surface area (Å²) < 4.78 is 0. The van der Waals surface area contributed by atoms with Crippen molar-refractivity contribution in [2.75, 3.05) is 11.1 Å². The number of nitrogens with one attached hydrogen (secondary N) is 1. The van der Waals surface area contributed by atoms with Crippen molar-refractivity contribution in [3.8, 4) is 11.3 Å². The van der Waals surface area contributed by atoms with E-state index in [4.69, 9.17) is 5.73 Å². The molecule has 3 N–H and O–H groups in total. The second kappa shape index (κ2) is 5.63. The van der Waals surface area contributed by atoms with Gasteiger partial charge in [-0.2, -0.15) is 0 Å². The number of para-hydroxylation sites is 1. The van der Waals surface area contributed by atoms with Gasteiger partial charge in [0.25, 0.3) is 0 Å². The quantitative estimate of drug-likeness (QED) is 0.715. The summed E-state index contributed by atoms with van der Waals surface area (Å²) in [5.41, 5.74) is 10.6. The molecule has 1 heterocycles. The maximum Gasteiger partial charge on any atom is 0.227 e. The molecule has 0 aliphatic heterocycles. The standard InChI is InChI=1S/C17H16N4/c1-12-6-8-13(9-7-12)20-17-19-11-10-16(21-17)14-4-2-3-5-15(14)18/h2-11H,18H2,1H3,(H,19,20,21). The summed E-state index contributed by atoms with van der Waals surface area (Å²) in [6.07, 6.45) is 1.73. The molecule has 0 bridgehead atoms. The zero-order chi connectivity index (χ0) is 14.7. The fourth-order valence-corrected chi connectivity index (χ4v) is 2.07. The molecule has 0 aliphatic carbocycles. The van der Waals surface area contributed by atoms with Gasteiger partial charge in [-0.15, -0.1) is 0 Å². The minimum atomic E-state index is 0.555. The molecule has 4 heteroatoms. The molecular weight excluding hydrogens is 260 g/mol. The first-order valence-corrected chi connectivity index (χ1v) is 6.74. The molecule has 1 aromatic heterocycles. The SMILES string of the molecule is Cc1ccc(Nc2nccc(-c3ccccc3N)n2)cc1. The molecule has 3 aromatic rings. The predicted molar refractivity (Wildman–Crippen MR) is 86.3 cm³/mol. The van der Waals surface area contributed by atoms with Crippen LogP contribution in [0.25, 0.3) is 11.3 Å². The van der Waals surface area contributed by atoms with E-state index in [2.05, 4.69) is 22.2 Å². The van der Waals surface area contributed by atoms with Gasteiger partial charge in [0.1, 0.15) is 0 Å². The van der Waals surface area contributed by atoms with Crippen LogP contribution in [0.3, 0.4) is 0 Å². The number of aromatic nitrogens is 2. The molecule has 0 unspecified atom stereocenters. The van der Waals surface area contributed by atoms with Gasteiger partial charge < -0.3 is 11.1 Å². The highest BCUT2D eigenvalue weighted by Gasteiger charge is 2.05. The van der Waals surface area contributed by atoms with E-state index >= 15 is 0 Å². The van der Waals surface area contributed by atoms with Gasteiger partial charge in [-0.05, 0) is 31.2 Å². The Morgan fingerprint density at radius 2 is 1.71 bits per heavy atom. The van der Waals surface area contributed by atoms with Crippen LogP contribution in [-0.2, 0) is 0 Å². The lowest BCUT2D eigenvalue weighted by atomic mass is 10.1. The summed E-state index contributed by atoms with van der Waals surface area (Å²) in [6.45, 7) is 2.05. The van der Waals surface area contributed by atoms with Crippen LogP contribution in [0.15, 0.2) is 60.8 Å². The zero-order valence-electron chi connectivity index (χ0n) is 11.7. The average Bonchev–Trinajstić information content (AvgIpc) is 2.50. The van der Waals surface area contributed by atoms with E-state index in [1.807, 2.05) is 54.6 Å². The summed E-state index contributed by atoms with van der Waals surface area (Å²) >= 11 is 0. The molecule has 0 atom stereocenters. The van der Waals surface area contributed by atoms with Crippen LogP contribution in [0.2, 0.25) is 0 Å². The minimum Gasteiger partial charge on any atom is -0.398 e. The average molecular weight is 276 g/mol. The normalized spacial score (nSPS) is 10.3. The van der Waals surface area contributed by atoms with Gasteiger partial charge in [0.15, 0.2) is 0 Å². The molecule has 0 aliphatic rings. The lowest BCUT2D eigenvalue weighted by molar-refractivity contribution is 1.17. The van der Waals surface area contributed by atoms with Crippen molar-refractivity contribution in [3.63, 3.8) is 0 Å². The van der Waals surface area contributed by atoms with E-state index < -0.39 is 0 Å². The minimum absolute atomic E-state index is 0.555. The van der Waals surface area contributed by atoms with Crippen LogP contribution in [0.5, 0.6) is 0 Å². The molecular formula is C17H16N4. The number of aryl methyl sites for hydroxylation is 1. The van der Waals surface area contributed by atoms with Crippen LogP contribution in [0, 0.1) is 6.92 Å². The van der Waals surface area contributed by atoms with Crippen LogP contribution in [0.1, 0.15) is 5.56 Å². The van der Waals surface area contributed by atoms with E-state index in [0.717, 1.165) is 16.9 Å². The molecule has 4 nitrogen and oxygen atoms in total. The van der Waals surface area contributed by atoms with Crippen molar-refractivity contribution in [1.82, 2.24) is 9.97 Å². The third-order valence-electron chi connectivity index (χ3n) is 3.20. The third-order valence-corrected chi connectivity index (χ3v) is 3.20. The number of benzene rings is 2. The van der Waals surface area contributed by atoms with E-state index in [-0.39, 0.29) is 0 Å². The number of nitrogens with zero attached hydrogens (tertiary/aromatic N) is 2. The van der Waals surface area contributed by atoms with Gasteiger partial charge in [0, 0.05) is 23.1 Å². The number of nitrogen functional groups attached to an aromatic ring is 1. The summed E-state index contributed by atoms with van der Waals surface area (Å²) in [7, 11) is 0. The molecule has 2 aromatic carbocycles. The molecule has 21 heavy (non-hydrogen) atoms. The van der Waals surface area contributed by atoms with Gasteiger partial charge in [0.05, 0.1) is 5.69 Å². The summed E-state index contributed by atoms with van der Waals surface area (Å²) in [4.78, 5) is 8.77. The maximum atomic E-state index is 5.99. The topological polar surface area (TPSA) is 63.8 Å². The van der Waals surface area contributed by atoms with Gasteiger partial charge in [-0.25, -0.2) is 9.97 Å². The number of hydrogen-bond donors (Lipinski definition) is 2. The highest BCUT2D eigenvalue weighted by atomic mass is 15.1. The Morgan fingerprint density at radius 1 is 0.952 bits per heavy atom. The van der Waals surface area contributed by atoms with Crippen LogP contribution in [0.4, 0.5) is 17.3 Å². The first-order valence-electron chi connectivity index (χ1n) is 6.74. The Bertz CT molecular complexity index is 751. The fraction of sp³-hybridized carbons (Fsp3) is 0.0588. The van der Waals surface area contributed by atoms with Crippen molar-refractivity contribution >= 4 is 17.3 Å². The molecule has 0 radical (unpaired) electrons. The third kappa shape index (κ3) is 3.00. The Hall–Kier alpha value is -2.88. The Kier molecular flexibility index (Phi) is 3.51. The smallest absolute Gasteiger partial charge is 0.227 e. The van der Waals surface area contributed by atoms with Gasteiger partial charge in [-0.1, -0.05) is 35.9 Å². The van der Waals surface area contributed by atoms with Crippen molar-refractivity contribution in [3.05, 3.63) is 66.4 Å². The summed E-state index contributed by atoms with van der Waals surface area (Å²) in [5.74, 6) is 0.555. The van der Waals surface area contributed by atoms with Crippen LogP contribution in [-0.4, -0.2) is 9.97 Å². The Morgan fingerprint density at radius 3 is 2.48 bits per heavy atom. The van der Waals surface area contributed by atoms with E-state index in [1.165, 1.54) is 5.56 Å². The maximum absolute atomic E-state index is 5.99. The number of nitrogens with two attached hydrogens (primary N) is 1. The van der Waals surface area contributed by atoms with E-state index in [1.54, 1.807) is 6.20 Å². The molecule has 3 rings (SSSR count). The monoisotopic (exact) mass is 276 g/mol. The van der Waals surface area contributed by atoms with Gasteiger partial charge in [0.2, 0.25) is 5.95 Å². The van der Waals surface area contributed by atoms with Crippen molar-refractivity contribution < 1.29 is 0 Å². The molecule has 0 saturated heterocycles. The largest absolute Gasteiger partial charge is 0.398 e. The second-order valence-electron chi connectivity index (χ2n) is 4.84. The molecule has 0 saturated carbocycles. The van der Waals surface area contributed by atoms with E-state index in [0.29, 0.717) is 11.6 Å². The molecule has 0 spiro atoms. The zero-order valence-corrected chi connectivity index (χ0v) is 11.7. The van der Waals surface area contributed by atoms with Crippen molar-refractivity contribution in [2.45, 2.75) is 6.92 Å².